The van der Waals surface area contributed by atoms with Gasteiger partial charge in [-0.25, -0.2) is 0 Å². The van der Waals surface area contributed by atoms with E-state index in [0.29, 0.717) is 11.8 Å². The average molecular weight is 234 g/mol. The van der Waals surface area contributed by atoms with Gasteiger partial charge in [-0.1, -0.05) is 13.8 Å². The topological polar surface area (TPSA) is 38.3 Å². The normalized spacial score (nSPS) is 26.7. The number of hydrogen-bond donors (Lipinski definition) is 1. The van der Waals surface area contributed by atoms with Crippen LogP contribution >= 0.6 is 11.6 Å². The van der Waals surface area contributed by atoms with Gasteiger partial charge in [0.2, 0.25) is 5.91 Å². The lowest BCUT2D eigenvalue weighted by Crippen LogP contribution is -2.46. The van der Waals surface area contributed by atoms with Crippen LogP contribution in [0.4, 0.5) is 0 Å². The lowest BCUT2D eigenvalue weighted by atomic mass is 9.88. The predicted molar refractivity (Wildman–Crippen MR) is 61.0 cm³/mol. The van der Waals surface area contributed by atoms with Crippen LogP contribution in [0.25, 0.3) is 0 Å². The fraction of sp³-hybridized carbons (Fsp3) is 0.909. The Balaban J connectivity index is 2.45. The second-order valence-electron chi connectivity index (χ2n) is 4.56. The first-order valence-corrected chi connectivity index (χ1v) is 6.10. The van der Waals surface area contributed by atoms with Crippen molar-refractivity contribution in [3.05, 3.63) is 0 Å². The highest BCUT2D eigenvalue weighted by atomic mass is 35.5. The first-order chi connectivity index (χ1) is 7.13. The van der Waals surface area contributed by atoms with Gasteiger partial charge in [0, 0.05) is 18.6 Å². The molecule has 0 spiro atoms. The van der Waals surface area contributed by atoms with Crippen molar-refractivity contribution in [1.29, 1.82) is 0 Å². The summed E-state index contributed by atoms with van der Waals surface area (Å²) in [4.78, 5) is 11.2. The van der Waals surface area contributed by atoms with Gasteiger partial charge in [0.15, 0.2) is 0 Å². The van der Waals surface area contributed by atoms with E-state index in [1.165, 1.54) is 0 Å². The van der Waals surface area contributed by atoms with Crippen LogP contribution in [0.3, 0.4) is 0 Å². The van der Waals surface area contributed by atoms with Crippen LogP contribution in [0, 0.1) is 11.8 Å². The minimum absolute atomic E-state index is 0.0474. The van der Waals surface area contributed by atoms with E-state index in [1.807, 2.05) is 0 Å². The maximum atomic E-state index is 11.2. The largest absolute Gasteiger partial charge is 0.381 e. The van der Waals surface area contributed by atoms with Crippen molar-refractivity contribution in [3.8, 4) is 0 Å². The van der Waals surface area contributed by atoms with E-state index in [0.717, 1.165) is 26.1 Å². The molecule has 1 aliphatic rings. The van der Waals surface area contributed by atoms with Crippen LogP contribution in [-0.4, -0.2) is 31.0 Å². The first-order valence-electron chi connectivity index (χ1n) is 5.56. The molecule has 0 aliphatic carbocycles. The monoisotopic (exact) mass is 233 g/mol. The highest BCUT2D eigenvalue weighted by molar-refractivity contribution is 6.27. The number of amides is 1. The van der Waals surface area contributed by atoms with Crippen LogP contribution in [0.2, 0.25) is 0 Å². The Morgan fingerprint density at radius 2 is 2.33 bits per heavy atom. The number of nitrogens with one attached hydrogen (secondary N) is 1. The van der Waals surface area contributed by atoms with E-state index in [9.17, 15) is 4.79 Å². The van der Waals surface area contributed by atoms with Crippen LogP contribution in [-0.2, 0) is 9.53 Å². The molecule has 88 valence electrons. The molecule has 1 heterocycles. The molecular weight excluding hydrogens is 214 g/mol. The van der Waals surface area contributed by atoms with Gasteiger partial charge in [-0.05, 0) is 18.8 Å². The van der Waals surface area contributed by atoms with Crippen LogP contribution < -0.4 is 5.32 Å². The van der Waals surface area contributed by atoms with Crippen LogP contribution in [0.5, 0.6) is 0 Å². The Morgan fingerprint density at radius 1 is 1.60 bits per heavy atom. The summed E-state index contributed by atoms with van der Waals surface area (Å²) < 4.78 is 5.44. The molecule has 1 N–H and O–H groups in total. The molecule has 1 rings (SSSR count). The molecule has 0 aromatic heterocycles. The maximum Gasteiger partial charge on any atom is 0.235 e. The first kappa shape index (κ1) is 12.8. The Bertz CT molecular complexity index is 209. The molecule has 2 unspecified atom stereocenters. The molecule has 15 heavy (non-hydrogen) atoms. The number of hydrogen-bond acceptors (Lipinski definition) is 2. The molecule has 2 atom stereocenters. The van der Waals surface area contributed by atoms with Gasteiger partial charge >= 0.3 is 0 Å². The van der Waals surface area contributed by atoms with Crippen LogP contribution in [0.15, 0.2) is 0 Å². The standard InChI is InChI=1S/C11H20ClNO2/c1-8(2)5-9-7-15-4-3-10(9)13-11(14)6-12/h8-10H,3-7H2,1-2H3,(H,13,14). The molecular formula is C11H20ClNO2. The molecule has 1 amide bonds. The summed E-state index contributed by atoms with van der Waals surface area (Å²) in [6.45, 7) is 5.87. The zero-order chi connectivity index (χ0) is 11.3. The van der Waals surface area contributed by atoms with Crippen molar-refractivity contribution >= 4 is 17.5 Å². The molecule has 1 aliphatic heterocycles. The highest BCUT2D eigenvalue weighted by Gasteiger charge is 2.27. The van der Waals surface area contributed by atoms with E-state index >= 15 is 0 Å². The second kappa shape index (κ2) is 6.33. The third-order valence-corrected chi connectivity index (χ3v) is 2.96. The number of halogens is 1. The summed E-state index contributed by atoms with van der Waals surface area (Å²) in [5.74, 6) is 1.04. The van der Waals surface area contributed by atoms with Crippen molar-refractivity contribution in [1.82, 2.24) is 5.32 Å². The van der Waals surface area contributed by atoms with Gasteiger partial charge in [-0.15, -0.1) is 11.6 Å². The number of carbonyl (C=O) groups is 1. The zero-order valence-corrected chi connectivity index (χ0v) is 10.2. The Labute approximate surface area is 96.5 Å². The third-order valence-electron chi connectivity index (χ3n) is 2.72. The van der Waals surface area contributed by atoms with Crippen molar-refractivity contribution in [2.75, 3.05) is 19.1 Å². The Kier molecular flexibility index (Phi) is 5.40. The molecule has 3 nitrogen and oxygen atoms in total. The van der Waals surface area contributed by atoms with Gasteiger partial charge in [0.25, 0.3) is 0 Å². The number of ether oxygens (including phenoxy) is 1. The van der Waals surface area contributed by atoms with Crippen molar-refractivity contribution in [2.24, 2.45) is 11.8 Å². The van der Waals surface area contributed by atoms with E-state index in [2.05, 4.69) is 19.2 Å². The summed E-state index contributed by atoms with van der Waals surface area (Å²) in [5.41, 5.74) is 0. The van der Waals surface area contributed by atoms with Crippen LogP contribution in [0.1, 0.15) is 26.7 Å². The van der Waals surface area contributed by atoms with Crippen molar-refractivity contribution in [2.45, 2.75) is 32.7 Å². The van der Waals surface area contributed by atoms with Gasteiger partial charge in [0.05, 0.1) is 6.61 Å². The fourth-order valence-corrected chi connectivity index (χ4v) is 2.15. The molecule has 4 heteroatoms. The third kappa shape index (κ3) is 4.39. The van der Waals surface area contributed by atoms with E-state index < -0.39 is 0 Å². The maximum absolute atomic E-state index is 11.2. The van der Waals surface area contributed by atoms with E-state index in [-0.39, 0.29) is 17.8 Å². The summed E-state index contributed by atoms with van der Waals surface area (Å²) in [6.07, 6.45) is 1.99. The summed E-state index contributed by atoms with van der Waals surface area (Å²) in [6, 6.07) is 0.243. The molecule has 0 saturated carbocycles. The number of carbonyl (C=O) groups excluding carboxylic acids is 1. The summed E-state index contributed by atoms with van der Waals surface area (Å²) in [7, 11) is 0. The molecule has 0 aromatic carbocycles. The lowest BCUT2D eigenvalue weighted by Gasteiger charge is -2.33. The average Bonchev–Trinajstić information content (AvgIpc) is 2.20. The zero-order valence-electron chi connectivity index (χ0n) is 9.46. The molecule has 0 radical (unpaired) electrons. The summed E-state index contributed by atoms with van der Waals surface area (Å²) in [5, 5.41) is 2.97. The lowest BCUT2D eigenvalue weighted by molar-refractivity contribution is -0.120. The van der Waals surface area contributed by atoms with E-state index in [4.69, 9.17) is 16.3 Å². The number of rotatable bonds is 4. The van der Waals surface area contributed by atoms with Gasteiger partial charge in [0.1, 0.15) is 5.88 Å². The SMILES string of the molecule is CC(C)CC1COCCC1NC(=O)CCl. The number of alkyl halides is 1. The smallest absolute Gasteiger partial charge is 0.235 e. The molecule has 1 fully saturated rings. The minimum atomic E-state index is -0.0719. The van der Waals surface area contributed by atoms with Gasteiger partial charge in [-0.3, -0.25) is 4.79 Å². The van der Waals surface area contributed by atoms with Gasteiger partial charge in [-0.2, -0.15) is 0 Å². The highest BCUT2D eigenvalue weighted by Crippen LogP contribution is 2.22. The minimum Gasteiger partial charge on any atom is -0.381 e. The van der Waals surface area contributed by atoms with E-state index in [1.54, 1.807) is 0 Å². The predicted octanol–water partition coefficient (Wildman–Crippen LogP) is 1.79. The Morgan fingerprint density at radius 3 is 2.93 bits per heavy atom. The molecule has 0 aromatic rings. The quantitative estimate of drug-likeness (QED) is 0.752. The molecule has 1 saturated heterocycles. The van der Waals surface area contributed by atoms with Crippen molar-refractivity contribution < 1.29 is 9.53 Å². The Hall–Kier alpha value is -0.280. The molecule has 0 bridgehead atoms. The van der Waals surface area contributed by atoms with Gasteiger partial charge < -0.3 is 10.1 Å². The second-order valence-corrected chi connectivity index (χ2v) is 4.83. The fourth-order valence-electron chi connectivity index (χ4n) is 2.07. The van der Waals surface area contributed by atoms with Crippen molar-refractivity contribution in [3.63, 3.8) is 0 Å². The summed E-state index contributed by atoms with van der Waals surface area (Å²) >= 11 is 5.48.